The van der Waals surface area contributed by atoms with Crippen LogP contribution in [0.2, 0.25) is 0 Å². The van der Waals surface area contributed by atoms with Gasteiger partial charge in [-0.3, -0.25) is 0 Å². The quantitative estimate of drug-likeness (QED) is 0.158. The number of halogens is 4. The molecule has 224 valence electrons. The van der Waals surface area contributed by atoms with Crippen molar-refractivity contribution < 1.29 is 17.6 Å². The van der Waals surface area contributed by atoms with Gasteiger partial charge in [-0.1, -0.05) is 24.3 Å². The average Bonchev–Trinajstić information content (AvgIpc) is 3.83. The minimum Gasteiger partial charge on any atom is -0.202 e. The van der Waals surface area contributed by atoms with Crippen LogP contribution in [0.1, 0.15) is 41.8 Å². The molecule has 2 aliphatic carbocycles. The van der Waals surface area contributed by atoms with Gasteiger partial charge in [-0.15, -0.1) is 22.7 Å². The summed E-state index contributed by atoms with van der Waals surface area (Å²) in [7, 11) is 0. The van der Waals surface area contributed by atoms with Crippen LogP contribution in [0.15, 0.2) is 83.0 Å². The van der Waals surface area contributed by atoms with E-state index in [4.69, 9.17) is 0 Å². The smallest absolute Gasteiger partial charge is 0.188 e. The van der Waals surface area contributed by atoms with E-state index in [-0.39, 0.29) is 33.4 Å². The van der Waals surface area contributed by atoms with E-state index in [1.807, 2.05) is 24.3 Å². The zero-order valence-electron chi connectivity index (χ0n) is 23.8. The Morgan fingerprint density at radius 2 is 0.833 bits per heavy atom. The molecule has 0 fully saturated rings. The highest BCUT2D eigenvalue weighted by Crippen LogP contribution is 2.54. The summed E-state index contributed by atoms with van der Waals surface area (Å²) in [5.41, 5.74) is 2.11. The van der Waals surface area contributed by atoms with E-state index in [2.05, 4.69) is 0 Å². The lowest BCUT2D eigenvalue weighted by Crippen LogP contribution is -1.97. The number of thiophene rings is 2. The summed E-state index contributed by atoms with van der Waals surface area (Å²) >= 11 is 0.883. The van der Waals surface area contributed by atoms with Crippen molar-refractivity contribution in [1.82, 2.24) is 0 Å². The largest absolute Gasteiger partial charge is 0.202 e. The Morgan fingerprint density at radius 1 is 0.479 bits per heavy atom. The van der Waals surface area contributed by atoms with Gasteiger partial charge in [-0.25, -0.2) is 17.6 Å². The number of nitrogens with zero attached hydrogens (tertiary/aromatic N) is 6. The molecule has 0 radical (unpaired) electrons. The molecule has 0 unspecified atom stereocenters. The van der Waals surface area contributed by atoms with E-state index < -0.39 is 42.8 Å². The van der Waals surface area contributed by atoms with E-state index in [1.54, 1.807) is 48.6 Å². The molecule has 48 heavy (non-hydrogen) atoms. The standard InChI is InChI=1S/C36H10F4N6S2/c37-31-27(15-45)47-35(33(31)39)25(13-43)29-21(19-5-1-17(11-41)2-6-19)9-23-24(29)10-22(20-7-3-18(12-42)4-8-20)30(23)26(14-44)36-34(40)32(38)28(16-46)48-36/h1-10H/b29-25-,30-26-. The topological polar surface area (TPSA) is 143 Å². The molecule has 4 aromatic rings. The van der Waals surface area contributed by atoms with Crippen LogP contribution in [0.5, 0.6) is 0 Å². The van der Waals surface area contributed by atoms with Gasteiger partial charge in [0.2, 0.25) is 0 Å². The number of hydrogen-bond donors (Lipinski definition) is 0. The third-order valence-corrected chi connectivity index (χ3v) is 9.69. The van der Waals surface area contributed by atoms with E-state index in [1.165, 1.54) is 24.3 Å². The predicted molar refractivity (Wildman–Crippen MR) is 168 cm³/mol. The van der Waals surface area contributed by atoms with E-state index >= 15 is 8.78 Å². The van der Waals surface area contributed by atoms with Crippen LogP contribution in [-0.4, -0.2) is 0 Å². The summed E-state index contributed by atoms with van der Waals surface area (Å²) in [5.74, 6) is -5.65. The number of benzene rings is 2. The Morgan fingerprint density at radius 3 is 1.10 bits per heavy atom. The Hall–Kier alpha value is -6.80. The van der Waals surface area contributed by atoms with Crippen molar-refractivity contribution in [1.29, 1.82) is 31.6 Å². The van der Waals surface area contributed by atoms with Crippen LogP contribution in [0, 0.1) is 91.3 Å². The van der Waals surface area contributed by atoms with Crippen LogP contribution in [0.3, 0.4) is 0 Å². The van der Waals surface area contributed by atoms with Gasteiger partial charge < -0.3 is 0 Å². The van der Waals surface area contributed by atoms with Crippen molar-refractivity contribution in [3.63, 3.8) is 0 Å². The summed E-state index contributed by atoms with van der Waals surface area (Å²) in [6.45, 7) is 0. The number of hydrogen-bond acceptors (Lipinski definition) is 8. The fourth-order valence-electron chi connectivity index (χ4n) is 5.42. The normalized spacial score (nSPS) is 15.2. The van der Waals surface area contributed by atoms with Crippen molar-refractivity contribution >= 4 is 45.0 Å². The zero-order valence-corrected chi connectivity index (χ0v) is 25.4. The molecule has 0 atom stereocenters. The molecular formula is C36H10F4N6S2. The first kappa shape index (κ1) is 31.2. The lowest BCUT2D eigenvalue weighted by molar-refractivity contribution is 0.513. The summed E-state index contributed by atoms with van der Waals surface area (Å²) in [4.78, 5) is -2.07. The van der Waals surface area contributed by atoms with Gasteiger partial charge in [-0.2, -0.15) is 31.6 Å². The Labute approximate surface area is 277 Å². The van der Waals surface area contributed by atoms with E-state index in [0.717, 1.165) is 0 Å². The molecule has 0 spiro atoms. The molecule has 0 saturated heterocycles. The minimum absolute atomic E-state index is 0.0934. The van der Waals surface area contributed by atoms with Gasteiger partial charge in [0.05, 0.1) is 44.2 Å². The average molecular weight is 667 g/mol. The fourth-order valence-corrected chi connectivity index (χ4v) is 7.14. The molecule has 0 aliphatic heterocycles. The van der Waals surface area contributed by atoms with Crippen LogP contribution in [0.25, 0.3) is 22.3 Å². The van der Waals surface area contributed by atoms with Gasteiger partial charge >= 0.3 is 0 Å². The highest BCUT2D eigenvalue weighted by molar-refractivity contribution is 7.14. The first-order valence-corrected chi connectivity index (χ1v) is 15.1. The summed E-state index contributed by atoms with van der Waals surface area (Å²) < 4.78 is 60.0. The maximum atomic E-state index is 15.3. The highest BCUT2D eigenvalue weighted by atomic mass is 32.1. The molecular weight excluding hydrogens is 657 g/mol. The minimum atomic E-state index is -1.42. The third kappa shape index (κ3) is 4.80. The second-order valence-electron chi connectivity index (χ2n) is 10.0. The number of allylic oxidation sites excluding steroid dienone is 10. The van der Waals surface area contributed by atoms with Gasteiger partial charge in [-0.05, 0) is 69.8 Å². The van der Waals surface area contributed by atoms with Gasteiger partial charge in [0.1, 0.15) is 34.0 Å². The number of nitriles is 6. The lowest BCUT2D eigenvalue weighted by Gasteiger charge is -2.14. The molecule has 0 saturated carbocycles. The van der Waals surface area contributed by atoms with Crippen molar-refractivity contribution in [2.75, 3.05) is 0 Å². The molecule has 0 N–H and O–H groups in total. The summed E-state index contributed by atoms with van der Waals surface area (Å²) in [6.07, 6.45) is 3.12. The van der Waals surface area contributed by atoms with Crippen LogP contribution in [0.4, 0.5) is 17.6 Å². The molecule has 2 heterocycles. The van der Waals surface area contributed by atoms with Crippen molar-refractivity contribution in [3.8, 4) is 36.4 Å². The lowest BCUT2D eigenvalue weighted by atomic mass is 9.89. The molecule has 2 aromatic carbocycles. The monoisotopic (exact) mass is 666 g/mol. The first-order valence-electron chi connectivity index (χ1n) is 13.5. The molecule has 2 aliphatic rings. The van der Waals surface area contributed by atoms with Crippen LogP contribution >= 0.6 is 22.7 Å². The van der Waals surface area contributed by atoms with Gasteiger partial charge in [0.15, 0.2) is 23.3 Å². The summed E-state index contributed by atoms with van der Waals surface area (Å²) in [5, 5.41) is 58.3. The van der Waals surface area contributed by atoms with Gasteiger partial charge in [0, 0.05) is 11.1 Å². The first-order chi connectivity index (χ1) is 23.2. The Balaban J connectivity index is 1.74. The maximum Gasteiger partial charge on any atom is 0.188 e. The predicted octanol–water partition coefficient (Wildman–Crippen LogP) is 8.60. The Bertz CT molecular complexity index is 2360. The van der Waals surface area contributed by atoms with Crippen molar-refractivity contribution in [2.45, 2.75) is 0 Å². The third-order valence-electron chi connectivity index (χ3n) is 7.57. The molecule has 0 bridgehead atoms. The number of rotatable bonds is 4. The van der Waals surface area contributed by atoms with Crippen molar-refractivity contribution in [3.05, 3.63) is 148 Å². The second-order valence-corrected chi connectivity index (χ2v) is 12.1. The second kappa shape index (κ2) is 12.2. The molecule has 0 amide bonds. The molecule has 2 aromatic heterocycles. The van der Waals surface area contributed by atoms with Crippen LogP contribution in [-0.2, 0) is 0 Å². The zero-order chi connectivity index (χ0) is 34.3. The molecule has 6 nitrogen and oxygen atoms in total. The molecule has 6 rings (SSSR count). The molecule has 12 heteroatoms. The van der Waals surface area contributed by atoms with E-state index in [9.17, 15) is 40.4 Å². The van der Waals surface area contributed by atoms with Crippen LogP contribution < -0.4 is 0 Å². The van der Waals surface area contributed by atoms with E-state index in [0.29, 0.717) is 56.1 Å². The maximum absolute atomic E-state index is 15.3. The Kier molecular flexibility index (Phi) is 7.92. The van der Waals surface area contributed by atoms with Crippen molar-refractivity contribution in [2.24, 2.45) is 0 Å². The fraction of sp³-hybridized carbons (Fsp3) is 0. The highest BCUT2D eigenvalue weighted by Gasteiger charge is 2.37. The SMILES string of the molecule is N#C/C(=C1\C(c2ccc(C#N)cc2)=CC2=C1C=C(c1ccc(C#N)cc1)/C2=C(\C#N)c1sc(C#N)c(F)c1F)c1sc(C#N)c(F)c1F. The summed E-state index contributed by atoms with van der Waals surface area (Å²) in [6, 6.07) is 23.3. The van der Waals surface area contributed by atoms with Gasteiger partial charge in [0.25, 0.3) is 0 Å².